The molecule has 1 aromatic rings. The van der Waals surface area contributed by atoms with Crippen molar-refractivity contribution in [2.45, 2.75) is 94.8 Å². The third-order valence-electron chi connectivity index (χ3n) is 12.4. The molecule has 6 rings (SSSR count). The molecule has 0 spiro atoms. The number of rotatable bonds is 5. The van der Waals surface area contributed by atoms with Crippen molar-refractivity contribution in [2.24, 2.45) is 22.7 Å². The summed E-state index contributed by atoms with van der Waals surface area (Å²) in [7, 11) is 0. The van der Waals surface area contributed by atoms with Crippen LogP contribution in [0.1, 0.15) is 83.1 Å². The molecule has 5 aliphatic rings. The summed E-state index contributed by atoms with van der Waals surface area (Å²) >= 11 is 0. The molecule has 1 saturated heterocycles. The zero-order chi connectivity index (χ0) is 28.2. The van der Waals surface area contributed by atoms with E-state index in [9.17, 15) is 19.8 Å². The van der Waals surface area contributed by atoms with Crippen LogP contribution in [0.25, 0.3) is 0 Å². The quantitative estimate of drug-likeness (QED) is 0.377. The molecule has 0 unspecified atom stereocenters. The van der Waals surface area contributed by atoms with Gasteiger partial charge in [-0.25, -0.2) is 9.59 Å². The number of hydrogen-bond acceptors (Lipinski definition) is 7. The highest BCUT2D eigenvalue weighted by Crippen LogP contribution is 2.71. The Morgan fingerprint density at radius 1 is 1.02 bits per heavy atom. The van der Waals surface area contributed by atoms with Gasteiger partial charge in [0, 0.05) is 56.8 Å². The van der Waals surface area contributed by atoms with Gasteiger partial charge in [-0.15, -0.1) is 0 Å². The van der Waals surface area contributed by atoms with Crippen molar-refractivity contribution in [1.82, 2.24) is 20.9 Å². The zero-order valence-corrected chi connectivity index (χ0v) is 24.2. The number of piperazine rings is 1. The Hall–Kier alpha value is -1.94. The minimum Gasteiger partial charge on any atom is -0.431 e. The maximum atomic E-state index is 12.7. The molecule has 2 amide bonds. The topological polar surface area (TPSA) is 127 Å². The largest absolute Gasteiger partial charge is 0.431 e. The molecule has 222 valence electrons. The highest BCUT2D eigenvalue weighted by atomic mass is 16.4. The van der Waals surface area contributed by atoms with Gasteiger partial charge in [-0.3, -0.25) is 4.90 Å². The van der Waals surface area contributed by atoms with E-state index in [1.54, 1.807) is 6.26 Å². The fraction of sp³-hybridized carbons (Fsp3) is 0.806. The molecule has 9 heteroatoms. The molecular formula is C31H48N4O5. The maximum Gasteiger partial charge on any atom is 0.335 e. The summed E-state index contributed by atoms with van der Waals surface area (Å²) in [6.07, 6.45) is 8.76. The molecule has 9 nitrogen and oxygen atoms in total. The first kappa shape index (κ1) is 28.2. The number of fused-ring (bicyclic) bond motifs is 5. The molecule has 1 aromatic heterocycles. The number of amides is 2. The lowest BCUT2D eigenvalue weighted by Gasteiger charge is -2.66. The average molecular weight is 557 g/mol. The van der Waals surface area contributed by atoms with Gasteiger partial charge in [0.1, 0.15) is 0 Å². The van der Waals surface area contributed by atoms with Gasteiger partial charge >= 0.3 is 11.7 Å². The van der Waals surface area contributed by atoms with Gasteiger partial charge < -0.3 is 30.6 Å². The predicted molar refractivity (Wildman–Crippen MR) is 152 cm³/mol. The van der Waals surface area contributed by atoms with Crippen LogP contribution in [0.5, 0.6) is 0 Å². The molecule has 8 atom stereocenters. The van der Waals surface area contributed by atoms with E-state index in [0.29, 0.717) is 19.4 Å². The Morgan fingerprint density at radius 3 is 2.52 bits per heavy atom. The predicted octanol–water partition coefficient (Wildman–Crippen LogP) is 2.57. The van der Waals surface area contributed by atoms with Crippen LogP contribution in [0.4, 0.5) is 4.79 Å². The van der Waals surface area contributed by atoms with Gasteiger partial charge in [0.25, 0.3) is 0 Å². The van der Waals surface area contributed by atoms with Gasteiger partial charge in [-0.1, -0.05) is 13.8 Å². The van der Waals surface area contributed by atoms with Crippen LogP contribution in [-0.4, -0.2) is 77.7 Å². The normalized spacial score (nSPS) is 43.3. The molecule has 2 heterocycles. The van der Waals surface area contributed by atoms with Crippen LogP contribution in [0.2, 0.25) is 0 Å². The first-order valence-corrected chi connectivity index (χ1v) is 15.6. The fourth-order valence-corrected chi connectivity index (χ4v) is 9.95. The van der Waals surface area contributed by atoms with Gasteiger partial charge in [-0.05, 0) is 92.6 Å². The third kappa shape index (κ3) is 4.52. The lowest BCUT2D eigenvalue weighted by Crippen LogP contribution is -2.68. The van der Waals surface area contributed by atoms with E-state index >= 15 is 0 Å². The maximum absolute atomic E-state index is 12.7. The first-order chi connectivity index (χ1) is 19.1. The van der Waals surface area contributed by atoms with Crippen molar-refractivity contribution in [1.29, 1.82) is 0 Å². The first-order valence-electron chi connectivity index (χ1n) is 15.6. The summed E-state index contributed by atoms with van der Waals surface area (Å²) in [6, 6.07) is 3.17. The standard InChI is InChI=1S/C31H48N4O5/c1-28-9-5-22(34-27(37)33-15-18-35-16-13-32-14-17-35)19-30(28,38)11-7-25-24(28)6-10-29(2)23(8-12-31(25,29)39)21-3-4-26(36)40-20-21/h3-4,20,22-25,32,38-39H,5-19H2,1-2H3,(H2,33,34,37)/t22-,23+,24-,25+,28+,29+,30-,31-/m0/s1. The number of carbonyl (C=O) groups is 1. The summed E-state index contributed by atoms with van der Waals surface area (Å²) in [5, 5.41) is 34.1. The van der Waals surface area contributed by atoms with E-state index in [1.807, 2.05) is 6.07 Å². The summed E-state index contributed by atoms with van der Waals surface area (Å²) in [5.74, 6) is 0.530. The summed E-state index contributed by atoms with van der Waals surface area (Å²) in [6.45, 7) is 9.98. The van der Waals surface area contributed by atoms with Crippen LogP contribution >= 0.6 is 0 Å². The van der Waals surface area contributed by atoms with Crippen molar-refractivity contribution in [3.8, 4) is 0 Å². The van der Waals surface area contributed by atoms with Gasteiger partial charge in [-0.2, -0.15) is 0 Å². The van der Waals surface area contributed by atoms with Crippen LogP contribution in [0.3, 0.4) is 0 Å². The molecule has 5 fully saturated rings. The zero-order valence-electron chi connectivity index (χ0n) is 24.2. The molecule has 4 saturated carbocycles. The Morgan fingerprint density at radius 2 is 1.77 bits per heavy atom. The van der Waals surface area contributed by atoms with E-state index in [4.69, 9.17) is 4.42 Å². The van der Waals surface area contributed by atoms with E-state index in [2.05, 4.69) is 34.7 Å². The van der Waals surface area contributed by atoms with Crippen LogP contribution in [-0.2, 0) is 0 Å². The van der Waals surface area contributed by atoms with E-state index in [1.165, 1.54) is 6.07 Å². The van der Waals surface area contributed by atoms with E-state index in [0.717, 1.165) is 83.2 Å². The minimum absolute atomic E-state index is 0.0469. The van der Waals surface area contributed by atoms with Crippen LogP contribution < -0.4 is 21.6 Å². The molecule has 0 radical (unpaired) electrons. The van der Waals surface area contributed by atoms with E-state index < -0.39 is 11.2 Å². The highest BCUT2D eigenvalue weighted by Gasteiger charge is 2.69. The number of nitrogens with zero attached hydrogens (tertiary/aromatic N) is 1. The second-order valence-electron chi connectivity index (χ2n) is 14.0. The summed E-state index contributed by atoms with van der Waals surface area (Å²) in [5.41, 5.74) is -1.57. The van der Waals surface area contributed by atoms with Crippen molar-refractivity contribution in [2.75, 3.05) is 39.3 Å². The van der Waals surface area contributed by atoms with Crippen LogP contribution in [0, 0.1) is 22.7 Å². The number of urea groups is 1. The molecule has 40 heavy (non-hydrogen) atoms. The van der Waals surface area contributed by atoms with Crippen molar-refractivity contribution in [3.63, 3.8) is 0 Å². The van der Waals surface area contributed by atoms with Crippen LogP contribution in [0.15, 0.2) is 27.6 Å². The average Bonchev–Trinajstić information content (AvgIpc) is 3.21. The smallest absolute Gasteiger partial charge is 0.335 e. The number of nitrogens with one attached hydrogen (secondary N) is 3. The molecular weight excluding hydrogens is 508 g/mol. The van der Waals surface area contributed by atoms with Gasteiger partial charge in [0.05, 0.1) is 17.5 Å². The monoisotopic (exact) mass is 556 g/mol. The molecule has 4 aliphatic carbocycles. The third-order valence-corrected chi connectivity index (χ3v) is 12.4. The molecule has 0 bridgehead atoms. The Labute approximate surface area is 237 Å². The summed E-state index contributed by atoms with van der Waals surface area (Å²) in [4.78, 5) is 26.6. The molecule has 1 aliphatic heterocycles. The summed E-state index contributed by atoms with van der Waals surface area (Å²) < 4.78 is 5.21. The van der Waals surface area contributed by atoms with Crippen molar-refractivity contribution in [3.05, 3.63) is 34.4 Å². The molecule has 5 N–H and O–H groups in total. The number of hydrogen-bond donors (Lipinski definition) is 5. The van der Waals surface area contributed by atoms with Crippen molar-refractivity contribution >= 4 is 6.03 Å². The Kier molecular flexibility index (Phi) is 7.33. The second kappa shape index (κ2) is 10.4. The SMILES string of the molecule is C[C@]12CC[C@H](NC(=O)NCCN3CCNCC3)C[C@@]1(O)CC[C@@H]1[C@@H]2CC[C@]2(C)[C@@H](c3ccc(=O)oc3)CC[C@]12O. The molecule has 0 aromatic carbocycles. The van der Waals surface area contributed by atoms with Gasteiger partial charge in [0.15, 0.2) is 0 Å². The second-order valence-corrected chi connectivity index (χ2v) is 14.0. The van der Waals surface area contributed by atoms with Crippen molar-refractivity contribution < 1.29 is 19.4 Å². The minimum atomic E-state index is -0.851. The fourth-order valence-electron chi connectivity index (χ4n) is 9.95. The lowest BCUT2D eigenvalue weighted by molar-refractivity contribution is -0.247. The van der Waals surface area contributed by atoms with E-state index in [-0.39, 0.29) is 46.3 Å². The number of carbonyl (C=O) groups excluding carboxylic acids is 1. The Balaban J connectivity index is 1.11. The van der Waals surface area contributed by atoms with Gasteiger partial charge in [0.2, 0.25) is 0 Å². The number of aliphatic hydroxyl groups is 2. The Bertz CT molecular complexity index is 1130. The highest BCUT2D eigenvalue weighted by molar-refractivity contribution is 5.74. The lowest BCUT2D eigenvalue weighted by atomic mass is 9.42.